The summed E-state index contributed by atoms with van der Waals surface area (Å²) in [5.74, 6) is 2.44. The molecule has 2 saturated heterocycles. The van der Waals surface area contributed by atoms with Gasteiger partial charge >= 0.3 is 0 Å². The molecule has 23 heavy (non-hydrogen) atoms. The molecule has 0 aromatic heterocycles. The third kappa shape index (κ3) is 1.59. The fourth-order valence-electron chi connectivity index (χ4n) is 5.84. The van der Waals surface area contributed by atoms with Gasteiger partial charge in [0, 0.05) is 29.4 Å². The van der Waals surface area contributed by atoms with E-state index >= 15 is 0 Å². The lowest BCUT2D eigenvalue weighted by Gasteiger charge is -2.56. The van der Waals surface area contributed by atoms with Crippen LogP contribution < -0.4 is 0 Å². The van der Waals surface area contributed by atoms with Gasteiger partial charge in [0.25, 0.3) is 0 Å². The van der Waals surface area contributed by atoms with Crippen LogP contribution in [0.4, 0.5) is 0 Å². The van der Waals surface area contributed by atoms with Crippen LogP contribution in [-0.4, -0.2) is 48.5 Å². The molecule has 0 radical (unpaired) electrons. The molecule has 2 heterocycles. The van der Waals surface area contributed by atoms with Crippen molar-refractivity contribution in [3.8, 4) is 0 Å². The highest BCUT2D eigenvalue weighted by Crippen LogP contribution is 2.65. The predicted molar refractivity (Wildman–Crippen MR) is 86.5 cm³/mol. The lowest BCUT2D eigenvalue weighted by atomic mass is 9.52. The van der Waals surface area contributed by atoms with Crippen LogP contribution in [0.25, 0.3) is 0 Å². The van der Waals surface area contributed by atoms with Crippen LogP contribution in [0.3, 0.4) is 0 Å². The van der Waals surface area contributed by atoms with Crippen molar-refractivity contribution < 1.29 is 14.6 Å². The van der Waals surface area contributed by atoms with Crippen molar-refractivity contribution in [1.82, 2.24) is 4.90 Å². The molecular weight excluding hydrogens is 290 g/mol. The Morgan fingerprint density at radius 3 is 3.09 bits per heavy atom. The highest BCUT2D eigenvalue weighted by atomic mass is 16.5. The number of nitrogens with zero attached hydrogens (tertiary/aromatic N) is 1. The third-order valence-corrected chi connectivity index (χ3v) is 6.76. The molecule has 1 N–H and O–H groups in total. The van der Waals surface area contributed by atoms with Gasteiger partial charge in [0.2, 0.25) is 0 Å². The predicted octanol–water partition coefficient (Wildman–Crippen LogP) is 2.36. The Morgan fingerprint density at radius 2 is 2.26 bits per heavy atom. The van der Waals surface area contributed by atoms with E-state index in [9.17, 15) is 5.11 Å². The molecule has 2 bridgehead atoms. The lowest BCUT2D eigenvalue weighted by molar-refractivity contribution is -0.0800. The second kappa shape index (κ2) is 4.64. The highest BCUT2D eigenvalue weighted by molar-refractivity contribution is 5.52. The molecule has 5 atom stereocenters. The zero-order chi connectivity index (χ0) is 15.8. The Balaban J connectivity index is 1.74. The normalized spacial score (nSPS) is 44.3. The fourth-order valence-corrected chi connectivity index (χ4v) is 5.84. The van der Waals surface area contributed by atoms with Gasteiger partial charge in [0.15, 0.2) is 5.76 Å². The van der Waals surface area contributed by atoms with E-state index in [1.165, 1.54) is 5.57 Å². The average molecular weight is 315 g/mol. The minimum atomic E-state index is -0.511. The van der Waals surface area contributed by atoms with Crippen molar-refractivity contribution >= 4 is 0 Å². The largest absolute Gasteiger partial charge is 0.494 e. The van der Waals surface area contributed by atoms with Gasteiger partial charge in [0.05, 0.1) is 6.61 Å². The molecule has 0 aromatic carbocycles. The van der Waals surface area contributed by atoms with E-state index in [-0.39, 0.29) is 11.5 Å². The van der Waals surface area contributed by atoms with E-state index in [1.807, 2.05) is 13.0 Å². The number of hydrogen-bond acceptors (Lipinski definition) is 4. The molecule has 0 aromatic rings. The number of allylic oxidation sites excluding steroid dienone is 2. The lowest BCUT2D eigenvalue weighted by Crippen LogP contribution is -2.61. The minimum absolute atomic E-state index is 0.0307. The Morgan fingerprint density at radius 1 is 1.39 bits per heavy atom. The molecule has 1 spiro atoms. The average Bonchev–Trinajstić information content (AvgIpc) is 2.90. The maximum absolute atomic E-state index is 10.6. The molecule has 2 aliphatic heterocycles. The van der Waals surface area contributed by atoms with Crippen molar-refractivity contribution in [3.63, 3.8) is 0 Å². The summed E-state index contributed by atoms with van der Waals surface area (Å²) in [5.41, 5.74) is 2.94. The van der Waals surface area contributed by atoms with Crippen molar-refractivity contribution in [2.45, 2.75) is 50.9 Å². The quantitative estimate of drug-likeness (QED) is 0.795. The van der Waals surface area contributed by atoms with Crippen LogP contribution in [0.15, 0.2) is 34.8 Å². The first-order valence-electron chi connectivity index (χ1n) is 8.99. The monoisotopic (exact) mass is 315 g/mol. The Kier molecular flexibility index (Phi) is 2.85. The van der Waals surface area contributed by atoms with Gasteiger partial charge in [-0.25, -0.2) is 0 Å². The molecular formula is C19H25NO3. The minimum Gasteiger partial charge on any atom is -0.494 e. The SMILES string of the molecule is CCOC1=C2O[C@H]3[C@@H](O)C=C[C@H]4[C@H]5CC(=C2[C@]43CCN5C)CC1. The number of aliphatic hydroxyl groups excluding tert-OH is 1. The smallest absolute Gasteiger partial charge is 0.161 e. The molecule has 124 valence electrons. The Labute approximate surface area is 137 Å². The Bertz CT molecular complexity index is 649. The van der Waals surface area contributed by atoms with Gasteiger partial charge in [-0.1, -0.05) is 17.7 Å². The zero-order valence-corrected chi connectivity index (χ0v) is 13.9. The Hall–Kier alpha value is -1.26. The fraction of sp³-hybridized carbons (Fsp3) is 0.684. The molecule has 0 unspecified atom stereocenters. The maximum atomic E-state index is 10.6. The summed E-state index contributed by atoms with van der Waals surface area (Å²) in [7, 11) is 2.25. The van der Waals surface area contributed by atoms with Gasteiger partial charge < -0.3 is 19.5 Å². The molecule has 0 amide bonds. The molecule has 3 aliphatic carbocycles. The molecule has 4 heteroatoms. The van der Waals surface area contributed by atoms with Crippen LogP contribution in [0.2, 0.25) is 0 Å². The van der Waals surface area contributed by atoms with E-state index in [4.69, 9.17) is 9.47 Å². The van der Waals surface area contributed by atoms with E-state index in [1.54, 1.807) is 5.57 Å². The topological polar surface area (TPSA) is 41.9 Å². The summed E-state index contributed by atoms with van der Waals surface area (Å²) in [5, 5.41) is 10.6. The standard InChI is InChI=1S/C19H25NO3/c1-3-22-15-7-4-11-10-13-12-5-6-14(21)18-19(12,8-9-20(13)2)16(11)17(15)23-18/h5-6,12-14,18,21H,3-4,7-10H2,1-2H3/t12-,13+,14-,18-,19-/m0/s1. The van der Waals surface area contributed by atoms with Gasteiger partial charge in [0.1, 0.15) is 18.0 Å². The molecule has 5 rings (SSSR count). The number of piperidine rings is 1. The van der Waals surface area contributed by atoms with E-state index in [0.717, 1.165) is 43.7 Å². The van der Waals surface area contributed by atoms with Crippen molar-refractivity contribution in [1.29, 1.82) is 0 Å². The second-order valence-electron chi connectivity index (χ2n) is 7.65. The van der Waals surface area contributed by atoms with E-state index in [2.05, 4.69) is 18.0 Å². The summed E-state index contributed by atoms with van der Waals surface area (Å²) in [6.07, 6.45) is 7.82. The molecule has 2 fully saturated rings. The van der Waals surface area contributed by atoms with Crippen LogP contribution in [-0.2, 0) is 9.47 Å². The summed E-state index contributed by atoms with van der Waals surface area (Å²) in [4.78, 5) is 2.51. The number of aliphatic hydroxyl groups is 1. The number of likely N-dealkylation sites (tertiary alicyclic amines) is 1. The maximum Gasteiger partial charge on any atom is 0.161 e. The summed E-state index contributed by atoms with van der Waals surface area (Å²) in [6.45, 7) is 3.79. The molecule has 4 nitrogen and oxygen atoms in total. The van der Waals surface area contributed by atoms with Gasteiger partial charge in [-0.05, 0) is 39.8 Å². The van der Waals surface area contributed by atoms with Crippen molar-refractivity contribution in [3.05, 3.63) is 34.8 Å². The van der Waals surface area contributed by atoms with Crippen LogP contribution in [0, 0.1) is 11.3 Å². The van der Waals surface area contributed by atoms with Gasteiger partial charge in [-0.2, -0.15) is 0 Å². The summed E-state index contributed by atoms with van der Waals surface area (Å²) >= 11 is 0. The molecule has 0 saturated carbocycles. The molecule has 5 aliphatic rings. The van der Waals surface area contributed by atoms with Gasteiger partial charge in [-0.15, -0.1) is 0 Å². The third-order valence-electron chi connectivity index (χ3n) is 6.76. The first-order valence-corrected chi connectivity index (χ1v) is 8.99. The van der Waals surface area contributed by atoms with Crippen LogP contribution in [0.1, 0.15) is 32.6 Å². The first kappa shape index (κ1) is 14.1. The van der Waals surface area contributed by atoms with E-state index in [0.29, 0.717) is 18.6 Å². The zero-order valence-electron chi connectivity index (χ0n) is 13.9. The second-order valence-corrected chi connectivity index (χ2v) is 7.65. The van der Waals surface area contributed by atoms with Gasteiger partial charge in [-0.3, -0.25) is 0 Å². The number of ether oxygens (including phenoxy) is 2. The number of hydrogen-bond donors (Lipinski definition) is 1. The summed E-state index contributed by atoms with van der Waals surface area (Å²) in [6, 6.07) is 0.547. The number of rotatable bonds is 2. The van der Waals surface area contributed by atoms with Crippen LogP contribution >= 0.6 is 0 Å². The first-order chi connectivity index (χ1) is 11.2. The highest BCUT2D eigenvalue weighted by Gasteiger charge is 2.65. The summed E-state index contributed by atoms with van der Waals surface area (Å²) < 4.78 is 12.3. The van der Waals surface area contributed by atoms with Crippen molar-refractivity contribution in [2.75, 3.05) is 20.2 Å². The van der Waals surface area contributed by atoms with Crippen molar-refractivity contribution in [2.24, 2.45) is 11.3 Å². The van der Waals surface area contributed by atoms with Crippen LogP contribution in [0.5, 0.6) is 0 Å². The van der Waals surface area contributed by atoms with E-state index < -0.39 is 6.10 Å².